The van der Waals surface area contributed by atoms with E-state index in [2.05, 4.69) is 27.5 Å². The fraction of sp³-hybridized carbons (Fsp3) is 0.400. The highest BCUT2D eigenvalue weighted by Crippen LogP contribution is 2.30. The van der Waals surface area contributed by atoms with Gasteiger partial charge in [-0.1, -0.05) is 41.9 Å². The molecular weight excluding hydrogens is 454 g/mol. The van der Waals surface area contributed by atoms with Crippen molar-refractivity contribution in [2.24, 2.45) is 0 Å². The van der Waals surface area contributed by atoms with Gasteiger partial charge in [-0.15, -0.1) is 0 Å². The summed E-state index contributed by atoms with van der Waals surface area (Å²) in [5, 5.41) is 6.13. The van der Waals surface area contributed by atoms with Crippen molar-refractivity contribution in [2.75, 3.05) is 50.0 Å². The van der Waals surface area contributed by atoms with Gasteiger partial charge in [0.1, 0.15) is 12.1 Å². The molecule has 0 radical (unpaired) electrons. The molecule has 2 aromatic rings. The second-order valence-electron chi connectivity index (χ2n) is 9.14. The number of halogens is 1. The number of piperazine rings is 1. The minimum Gasteiger partial charge on any atom is -0.367 e. The van der Waals surface area contributed by atoms with E-state index in [1.807, 2.05) is 36.4 Å². The van der Waals surface area contributed by atoms with Gasteiger partial charge in [0.15, 0.2) is 0 Å². The van der Waals surface area contributed by atoms with Gasteiger partial charge in [0.25, 0.3) is 5.91 Å². The summed E-state index contributed by atoms with van der Waals surface area (Å²) in [6, 6.07) is 14.6. The Bertz CT molecular complexity index is 1070. The van der Waals surface area contributed by atoms with E-state index >= 15 is 0 Å². The zero-order valence-corrected chi connectivity index (χ0v) is 20.3. The summed E-state index contributed by atoms with van der Waals surface area (Å²) in [6.45, 7) is 4.83. The number of urea groups is 1. The summed E-state index contributed by atoms with van der Waals surface area (Å²) in [4.78, 5) is 44.0. The Hall–Kier alpha value is -3.10. The summed E-state index contributed by atoms with van der Waals surface area (Å²) >= 11 is 6.19. The van der Waals surface area contributed by atoms with E-state index in [0.29, 0.717) is 23.6 Å². The molecule has 2 fully saturated rings. The minimum absolute atomic E-state index is 0.361. The molecule has 2 saturated heterocycles. The van der Waals surface area contributed by atoms with Gasteiger partial charge in [0.05, 0.1) is 11.4 Å². The van der Waals surface area contributed by atoms with Gasteiger partial charge in [0, 0.05) is 31.2 Å². The van der Waals surface area contributed by atoms with Crippen molar-refractivity contribution in [3.8, 4) is 0 Å². The number of hydrogen-bond donors (Lipinski definition) is 2. The molecule has 4 rings (SSSR count). The van der Waals surface area contributed by atoms with Crippen LogP contribution >= 0.6 is 11.6 Å². The smallest absolute Gasteiger partial charge is 0.325 e. The average Bonchev–Trinajstić information content (AvgIpc) is 3.02. The van der Waals surface area contributed by atoms with Crippen LogP contribution < -0.4 is 15.5 Å². The van der Waals surface area contributed by atoms with Crippen molar-refractivity contribution in [2.45, 2.75) is 25.3 Å². The fourth-order valence-electron chi connectivity index (χ4n) is 4.36. The van der Waals surface area contributed by atoms with E-state index in [-0.39, 0.29) is 6.54 Å². The largest absolute Gasteiger partial charge is 0.367 e. The predicted octanol–water partition coefficient (Wildman–Crippen LogP) is 2.97. The topological polar surface area (TPSA) is 85.0 Å². The van der Waals surface area contributed by atoms with Crippen molar-refractivity contribution in [3.05, 3.63) is 59.1 Å². The number of aryl methyl sites for hydroxylation is 1. The monoisotopic (exact) mass is 483 g/mol. The van der Waals surface area contributed by atoms with Crippen LogP contribution in [0.3, 0.4) is 0 Å². The number of likely N-dealkylation sites (N-methyl/N-ethyl adjacent to an activating group) is 1. The molecule has 180 valence electrons. The normalized spacial score (nSPS) is 21.0. The SMILES string of the molecule is CN1CCN(c2ccc(Cl)cc2NC(=O)CN2C(=O)N[C@@](C)(CCc3ccccc3)C2=O)CC1. The molecule has 0 bridgehead atoms. The minimum atomic E-state index is -1.05. The summed E-state index contributed by atoms with van der Waals surface area (Å²) in [5.74, 6) is -0.845. The summed E-state index contributed by atoms with van der Waals surface area (Å²) in [6.07, 6.45) is 1.09. The number of benzene rings is 2. The zero-order chi connectivity index (χ0) is 24.3. The van der Waals surface area contributed by atoms with E-state index in [0.717, 1.165) is 42.3 Å². The van der Waals surface area contributed by atoms with Gasteiger partial charge in [0.2, 0.25) is 5.91 Å². The Morgan fingerprint density at radius 2 is 1.79 bits per heavy atom. The second-order valence-corrected chi connectivity index (χ2v) is 9.58. The van der Waals surface area contributed by atoms with Crippen molar-refractivity contribution >= 4 is 40.8 Å². The molecule has 0 spiro atoms. The highest BCUT2D eigenvalue weighted by Gasteiger charge is 2.47. The lowest BCUT2D eigenvalue weighted by Gasteiger charge is -2.35. The van der Waals surface area contributed by atoms with Crippen LogP contribution in [0.1, 0.15) is 18.9 Å². The molecule has 0 saturated carbocycles. The van der Waals surface area contributed by atoms with Crippen LogP contribution in [0.2, 0.25) is 5.02 Å². The Morgan fingerprint density at radius 1 is 1.09 bits per heavy atom. The van der Waals surface area contributed by atoms with Gasteiger partial charge in [-0.3, -0.25) is 14.5 Å². The lowest BCUT2D eigenvalue weighted by molar-refractivity contribution is -0.133. The maximum absolute atomic E-state index is 13.1. The lowest BCUT2D eigenvalue weighted by atomic mass is 9.93. The van der Waals surface area contributed by atoms with E-state index in [1.165, 1.54) is 0 Å². The van der Waals surface area contributed by atoms with E-state index in [9.17, 15) is 14.4 Å². The first-order valence-corrected chi connectivity index (χ1v) is 11.8. The third-order valence-corrected chi connectivity index (χ3v) is 6.72. The molecule has 34 heavy (non-hydrogen) atoms. The number of rotatable bonds is 7. The van der Waals surface area contributed by atoms with E-state index < -0.39 is 23.4 Å². The van der Waals surface area contributed by atoms with Crippen LogP contribution in [0.15, 0.2) is 48.5 Å². The molecule has 0 aromatic heterocycles. The molecule has 0 unspecified atom stereocenters. The molecule has 9 heteroatoms. The van der Waals surface area contributed by atoms with Gasteiger partial charge in [-0.05, 0) is 50.6 Å². The third-order valence-electron chi connectivity index (χ3n) is 6.48. The summed E-state index contributed by atoms with van der Waals surface area (Å²) < 4.78 is 0. The number of carbonyl (C=O) groups is 3. The average molecular weight is 484 g/mol. The zero-order valence-electron chi connectivity index (χ0n) is 19.5. The predicted molar refractivity (Wildman–Crippen MR) is 133 cm³/mol. The first-order chi connectivity index (χ1) is 16.2. The Kier molecular flexibility index (Phi) is 7.09. The number of nitrogens with one attached hydrogen (secondary N) is 2. The van der Waals surface area contributed by atoms with Crippen LogP contribution in [0, 0.1) is 0 Å². The standard InChI is InChI=1S/C25H30ClN5O3/c1-25(11-10-18-6-4-3-5-7-18)23(33)31(24(34)28-25)17-22(32)27-20-16-19(26)8-9-21(20)30-14-12-29(2)13-15-30/h3-9,16H,10-15,17H2,1-2H3,(H,27,32)(H,28,34)/t25-/m0/s1. The molecule has 0 aliphatic carbocycles. The quantitative estimate of drug-likeness (QED) is 0.591. The van der Waals surface area contributed by atoms with Crippen LogP contribution in [0.25, 0.3) is 0 Å². The first-order valence-electron chi connectivity index (χ1n) is 11.5. The van der Waals surface area contributed by atoms with Crippen molar-refractivity contribution in [1.29, 1.82) is 0 Å². The number of imide groups is 1. The molecule has 2 aliphatic rings. The second kappa shape index (κ2) is 10.0. The van der Waals surface area contributed by atoms with Crippen molar-refractivity contribution in [1.82, 2.24) is 15.1 Å². The molecule has 4 amide bonds. The molecule has 2 N–H and O–H groups in total. The van der Waals surface area contributed by atoms with E-state index in [4.69, 9.17) is 11.6 Å². The lowest BCUT2D eigenvalue weighted by Crippen LogP contribution is -2.45. The molecule has 2 aliphatic heterocycles. The highest BCUT2D eigenvalue weighted by atomic mass is 35.5. The Balaban J connectivity index is 1.41. The maximum Gasteiger partial charge on any atom is 0.325 e. The number of carbonyl (C=O) groups excluding carboxylic acids is 3. The highest BCUT2D eigenvalue weighted by molar-refractivity contribution is 6.31. The van der Waals surface area contributed by atoms with Crippen LogP contribution in [0.5, 0.6) is 0 Å². The summed E-state index contributed by atoms with van der Waals surface area (Å²) in [7, 11) is 2.08. The van der Waals surface area contributed by atoms with Gasteiger partial charge in [-0.25, -0.2) is 4.79 Å². The third kappa shape index (κ3) is 5.34. The van der Waals surface area contributed by atoms with Crippen LogP contribution in [-0.4, -0.2) is 73.0 Å². The molecule has 2 aromatic carbocycles. The summed E-state index contributed by atoms with van der Waals surface area (Å²) in [5.41, 5.74) is 1.48. The van der Waals surface area contributed by atoms with Gasteiger partial charge < -0.3 is 20.4 Å². The van der Waals surface area contributed by atoms with Gasteiger partial charge >= 0.3 is 6.03 Å². The number of nitrogens with zero attached hydrogens (tertiary/aromatic N) is 3. The van der Waals surface area contributed by atoms with Crippen molar-refractivity contribution in [3.63, 3.8) is 0 Å². The maximum atomic E-state index is 13.1. The van der Waals surface area contributed by atoms with Crippen molar-refractivity contribution < 1.29 is 14.4 Å². The first kappa shape index (κ1) is 24.0. The molecule has 1 atom stereocenters. The number of hydrogen-bond acceptors (Lipinski definition) is 5. The molecule has 8 nitrogen and oxygen atoms in total. The Labute approximate surface area is 204 Å². The van der Waals surface area contributed by atoms with E-state index in [1.54, 1.807) is 19.1 Å². The fourth-order valence-corrected chi connectivity index (χ4v) is 4.54. The molecule has 2 heterocycles. The van der Waals surface area contributed by atoms with Gasteiger partial charge in [-0.2, -0.15) is 0 Å². The molecular formula is C25H30ClN5O3. The number of anilines is 2. The Morgan fingerprint density at radius 3 is 2.50 bits per heavy atom. The van der Waals surface area contributed by atoms with Crippen LogP contribution in [0.4, 0.5) is 16.2 Å². The number of amides is 4. The van der Waals surface area contributed by atoms with Crippen LogP contribution in [-0.2, 0) is 16.0 Å².